The molecular formula is C20H26FN5. The van der Waals surface area contributed by atoms with E-state index in [1.807, 2.05) is 13.0 Å². The Bertz CT molecular complexity index is 752. The summed E-state index contributed by atoms with van der Waals surface area (Å²) in [6.07, 6.45) is 2.49. The number of hydrogen-bond donors (Lipinski definition) is 0. The van der Waals surface area contributed by atoms with Gasteiger partial charge in [0.25, 0.3) is 0 Å². The van der Waals surface area contributed by atoms with Crippen LogP contribution in [0.5, 0.6) is 0 Å². The number of aryl methyl sites for hydroxylation is 1. The van der Waals surface area contributed by atoms with E-state index in [0.717, 1.165) is 68.8 Å². The fourth-order valence-corrected chi connectivity index (χ4v) is 3.84. The molecule has 0 bridgehead atoms. The van der Waals surface area contributed by atoms with Gasteiger partial charge in [0.05, 0.1) is 0 Å². The second-order valence-electron chi connectivity index (χ2n) is 7.22. The summed E-state index contributed by atoms with van der Waals surface area (Å²) in [5.41, 5.74) is 1.03. The van der Waals surface area contributed by atoms with Crippen LogP contribution < -0.4 is 9.80 Å². The van der Waals surface area contributed by atoms with Crippen LogP contribution in [-0.2, 0) is 6.54 Å². The van der Waals surface area contributed by atoms with Crippen molar-refractivity contribution in [3.8, 4) is 0 Å². The van der Waals surface area contributed by atoms with Crippen LogP contribution in [0.2, 0.25) is 0 Å². The van der Waals surface area contributed by atoms with Crippen LogP contribution in [-0.4, -0.2) is 54.1 Å². The van der Waals surface area contributed by atoms with Crippen molar-refractivity contribution >= 4 is 11.6 Å². The maximum absolute atomic E-state index is 13.4. The van der Waals surface area contributed by atoms with Crippen LogP contribution in [0, 0.1) is 12.7 Å². The molecule has 1 aromatic carbocycles. The summed E-state index contributed by atoms with van der Waals surface area (Å²) in [4.78, 5) is 16.4. The third kappa shape index (κ3) is 3.96. The lowest BCUT2D eigenvalue weighted by Crippen LogP contribution is -2.46. The van der Waals surface area contributed by atoms with E-state index in [-0.39, 0.29) is 5.82 Å². The minimum atomic E-state index is -0.160. The van der Waals surface area contributed by atoms with Crippen molar-refractivity contribution < 1.29 is 4.39 Å². The van der Waals surface area contributed by atoms with Gasteiger partial charge in [-0.25, -0.2) is 14.4 Å². The van der Waals surface area contributed by atoms with E-state index in [4.69, 9.17) is 0 Å². The zero-order valence-corrected chi connectivity index (χ0v) is 15.4. The standard InChI is InChI=1S/C20H26FN5/c1-16-22-19(25-7-2-3-8-25)14-20(23-16)26-11-9-24(10-12-26)15-17-5-4-6-18(21)13-17/h4-6,13-14H,2-3,7-12,15H2,1H3. The molecule has 0 radical (unpaired) electrons. The molecule has 6 heteroatoms. The van der Waals surface area contributed by atoms with Crippen LogP contribution in [0.25, 0.3) is 0 Å². The summed E-state index contributed by atoms with van der Waals surface area (Å²) in [5.74, 6) is 2.77. The zero-order chi connectivity index (χ0) is 17.9. The SMILES string of the molecule is Cc1nc(N2CCCC2)cc(N2CCN(Cc3cccc(F)c3)CC2)n1. The summed E-state index contributed by atoms with van der Waals surface area (Å²) in [6.45, 7) is 8.75. The lowest BCUT2D eigenvalue weighted by molar-refractivity contribution is 0.249. The quantitative estimate of drug-likeness (QED) is 0.843. The number of aromatic nitrogens is 2. The van der Waals surface area contributed by atoms with Gasteiger partial charge in [-0.15, -0.1) is 0 Å². The van der Waals surface area contributed by atoms with Gasteiger partial charge in [0.1, 0.15) is 23.3 Å². The van der Waals surface area contributed by atoms with Crippen molar-refractivity contribution in [3.63, 3.8) is 0 Å². The molecule has 138 valence electrons. The average molecular weight is 355 g/mol. The van der Waals surface area contributed by atoms with Crippen molar-refractivity contribution in [2.75, 3.05) is 49.1 Å². The van der Waals surface area contributed by atoms with Gasteiger partial charge < -0.3 is 9.80 Å². The summed E-state index contributed by atoms with van der Waals surface area (Å²) < 4.78 is 13.4. The average Bonchev–Trinajstić information content (AvgIpc) is 3.17. The molecule has 0 saturated carbocycles. The molecule has 0 aliphatic carbocycles. The Kier molecular flexibility index (Phi) is 5.02. The van der Waals surface area contributed by atoms with E-state index in [1.54, 1.807) is 12.1 Å². The van der Waals surface area contributed by atoms with E-state index in [1.165, 1.54) is 18.9 Å². The summed E-state index contributed by atoms with van der Waals surface area (Å²) in [7, 11) is 0. The number of halogens is 1. The molecule has 2 saturated heterocycles. The molecule has 0 unspecified atom stereocenters. The fraction of sp³-hybridized carbons (Fsp3) is 0.500. The highest BCUT2D eigenvalue weighted by atomic mass is 19.1. The number of nitrogens with zero attached hydrogens (tertiary/aromatic N) is 5. The first-order valence-corrected chi connectivity index (χ1v) is 9.50. The number of piperazine rings is 1. The molecule has 2 aromatic rings. The summed E-state index contributed by atoms with van der Waals surface area (Å²) in [5, 5.41) is 0. The van der Waals surface area contributed by atoms with E-state index in [2.05, 4.69) is 30.7 Å². The number of anilines is 2. The van der Waals surface area contributed by atoms with Crippen molar-refractivity contribution in [2.45, 2.75) is 26.3 Å². The monoisotopic (exact) mass is 355 g/mol. The van der Waals surface area contributed by atoms with Gasteiger partial charge in [-0.2, -0.15) is 0 Å². The van der Waals surface area contributed by atoms with Gasteiger partial charge in [-0.1, -0.05) is 12.1 Å². The van der Waals surface area contributed by atoms with Gasteiger partial charge in [-0.05, 0) is 37.5 Å². The van der Waals surface area contributed by atoms with E-state index < -0.39 is 0 Å². The smallest absolute Gasteiger partial charge is 0.134 e. The van der Waals surface area contributed by atoms with Crippen molar-refractivity contribution in [2.24, 2.45) is 0 Å². The molecule has 0 spiro atoms. The molecule has 2 fully saturated rings. The first-order valence-electron chi connectivity index (χ1n) is 9.50. The van der Waals surface area contributed by atoms with Crippen molar-refractivity contribution in [1.82, 2.24) is 14.9 Å². The van der Waals surface area contributed by atoms with Crippen LogP contribution in [0.4, 0.5) is 16.0 Å². The molecule has 5 nitrogen and oxygen atoms in total. The third-order valence-corrected chi connectivity index (χ3v) is 5.23. The maximum atomic E-state index is 13.4. The summed E-state index contributed by atoms with van der Waals surface area (Å²) in [6, 6.07) is 9.04. The molecule has 1 aromatic heterocycles. The molecule has 2 aliphatic rings. The lowest BCUT2D eigenvalue weighted by atomic mass is 10.2. The molecule has 26 heavy (non-hydrogen) atoms. The fourth-order valence-electron chi connectivity index (χ4n) is 3.84. The minimum absolute atomic E-state index is 0.160. The predicted molar refractivity (Wildman–Crippen MR) is 102 cm³/mol. The molecule has 2 aliphatic heterocycles. The third-order valence-electron chi connectivity index (χ3n) is 5.23. The van der Waals surface area contributed by atoms with Crippen molar-refractivity contribution in [3.05, 3.63) is 47.5 Å². The Morgan fingerprint density at radius 1 is 0.885 bits per heavy atom. The Hall–Kier alpha value is -2.21. The Labute approximate surface area is 154 Å². The lowest BCUT2D eigenvalue weighted by Gasteiger charge is -2.35. The molecular weight excluding hydrogens is 329 g/mol. The minimum Gasteiger partial charge on any atom is -0.356 e. The number of hydrogen-bond acceptors (Lipinski definition) is 5. The largest absolute Gasteiger partial charge is 0.356 e. The van der Waals surface area contributed by atoms with Crippen LogP contribution >= 0.6 is 0 Å². The number of rotatable bonds is 4. The molecule has 0 N–H and O–H groups in total. The normalized spacial score (nSPS) is 18.5. The van der Waals surface area contributed by atoms with Gasteiger partial charge in [-0.3, -0.25) is 4.90 Å². The predicted octanol–water partition coefficient (Wildman–Crippen LogP) is 2.85. The number of benzene rings is 1. The van der Waals surface area contributed by atoms with Gasteiger partial charge in [0.15, 0.2) is 0 Å². The second-order valence-corrected chi connectivity index (χ2v) is 7.22. The highest BCUT2D eigenvalue weighted by molar-refractivity contribution is 5.51. The van der Waals surface area contributed by atoms with Crippen LogP contribution in [0.3, 0.4) is 0 Å². The maximum Gasteiger partial charge on any atom is 0.134 e. The summed E-state index contributed by atoms with van der Waals surface area (Å²) >= 11 is 0. The molecule has 0 atom stereocenters. The van der Waals surface area contributed by atoms with Crippen LogP contribution in [0.1, 0.15) is 24.2 Å². The van der Waals surface area contributed by atoms with Gasteiger partial charge >= 0.3 is 0 Å². The highest BCUT2D eigenvalue weighted by Gasteiger charge is 2.21. The van der Waals surface area contributed by atoms with E-state index in [0.29, 0.717) is 0 Å². The first-order chi connectivity index (χ1) is 12.7. The first kappa shape index (κ1) is 17.2. The van der Waals surface area contributed by atoms with Crippen molar-refractivity contribution in [1.29, 1.82) is 0 Å². The topological polar surface area (TPSA) is 35.5 Å². The highest BCUT2D eigenvalue weighted by Crippen LogP contribution is 2.23. The molecule has 3 heterocycles. The Morgan fingerprint density at radius 3 is 2.19 bits per heavy atom. The molecule has 4 rings (SSSR count). The van der Waals surface area contributed by atoms with Gasteiger partial charge in [0, 0.05) is 51.9 Å². The molecule has 0 amide bonds. The van der Waals surface area contributed by atoms with Crippen LogP contribution in [0.15, 0.2) is 30.3 Å². The van der Waals surface area contributed by atoms with E-state index in [9.17, 15) is 4.39 Å². The van der Waals surface area contributed by atoms with E-state index >= 15 is 0 Å². The Balaban J connectivity index is 1.40. The second kappa shape index (κ2) is 7.58. The van der Waals surface area contributed by atoms with Gasteiger partial charge in [0.2, 0.25) is 0 Å². The zero-order valence-electron chi connectivity index (χ0n) is 15.4. The Morgan fingerprint density at radius 2 is 1.54 bits per heavy atom.